The van der Waals surface area contributed by atoms with Gasteiger partial charge in [-0.2, -0.15) is 0 Å². The first-order valence-corrected chi connectivity index (χ1v) is 6.63. The van der Waals surface area contributed by atoms with Crippen LogP contribution in [-0.2, 0) is 9.59 Å². The Kier molecular flexibility index (Phi) is 3.47. The van der Waals surface area contributed by atoms with Crippen LogP contribution in [0.25, 0.3) is 0 Å². The molecule has 0 aromatic heterocycles. The number of nitrogens with two attached hydrogens (primary N) is 1. The third-order valence-corrected chi connectivity index (χ3v) is 4.45. The van der Waals surface area contributed by atoms with E-state index in [1.165, 1.54) is 4.90 Å². The zero-order valence-corrected chi connectivity index (χ0v) is 12.0. The number of hydrazine groups is 1. The number of carbonyl (C=O) groups is 3. The lowest BCUT2D eigenvalue weighted by Crippen LogP contribution is -2.78. The summed E-state index contributed by atoms with van der Waals surface area (Å²) in [6, 6.07) is -0.730. The van der Waals surface area contributed by atoms with Crippen molar-refractivity contribution in [2.24, 2.45) is 5.84 Å². The Morgan fingerprint density at radius 1 is 1.25 bits per heavy atom. The average molecular weight is 283 g/mol. The number of nitrogens with one attached hydrogen (secondary N) is 2. The normalized spacial score (nSPS) is 25.0. The minimum atomic E-state index is -1.13. The van der Waals surface area contributed by atoms with Crippen molar-refractivity contribution in [3.63, 3.8) is 0 Å². The molecule has 112 valence electrons. The van der Waals surface area contributed by atoms with E-state index >= 15 is 0 Å². The van der Waals surface area contributed by atoms with Crippen molar-refractivity contribution in [3.8, 4) is 0 Å². The van der Waals surface area contributed by atoms with Gasteiger partial charge in [0.1, 0.15) is 11.1 Å². The van der Waals surface area contributed by atoms with Crippen LogP contribution in [0.1, 0.15) is 26.7 Å². The van der Waals surface area contributed by atoms with Crippen molar-refractivity contribution in [2.75, 3.05) is 20.1 Å². The highest BCUT2D eigenvalue weighted by molar-refractivity contribution is 6.09. The number of hydrogen-bond donors (Lipinski definition) is 3. The molecule has 2 heterocycles. The third-order valence-electron chi connectivity index (χ3n) is 4.45. The number of amides is 4. The fraction of sp³-hybridized carbons (Fsp3) is 0.750. The summed E-state index contributed by atoms with van der Waals surface area (Å²) in [7, 11) is 1.60. The van der Waals surface area contributed by atoms with Crippen LogP contribution in [0.2, 0.25) is 0 Å². The lowest BCUT2D eigenvalue weighted by molar-refractivity contribution is -0.173. The van der Waals surface area contributed by atoms with Crippen LogP contribution in [0.15, 0.2) is 0 Å². The Bertz CT molecular complexity index is 456. The molecule has 0 bridgehead atoms. The minimum Gasteiger partial charge on any atom is -0.330 e. The number of piperidine rings is 1. The van der Waals surface area contributed by atoms with Gasteiger partial charge in [0.05, 0.1) is 0 Å². The quantitative estimate of drug-likeness (QED) is 0.293. The molecular formula is C12H21N5O3. The van der Waals surface area contributed by atoms with E-state index in [0.717, 1.165) is 4.90 Å². The summed E-state index contributed by atoms with van der Waals surface area (Å²) in [6.45, 7) is 4.39. The highest BCUT2D eigenvalue weighted by atomic mass is 16.2. The lowest BCUT2D eigenvalue weighted by Gasteiger charge is -2.54. The fourth-order valence-corrected chi connectivity index (χ4v) is 2.90. The van der Waals surface area contributed by atoms with Gasteiger partial charge in [-0.3, -0.25) is 15.0 Å². The maximum absolute atomic E-state index is 12.8. The first-order chi connectivity index (χ1) is 9.29. The van der Waals surface area contributed by atoms with Crippen LogP contribution >= 0.6 is 0 Å². The van der Waals surface area contributed by atoms with Gasteiger partial charge in [0, 0.05) is 7.05 Å². The summed E-state index contributed by atoms with van der Waals surface area (Å²) in [5.41, 5.74) is -0.214. The van der Waals surface area contributed by atoms with Crippen molar-refractivity contribution in [1.29, 1.82) is 0 Å². The summed E-state index contributed by atoms with van der Waals surface area (Å²) in [5.74, 6) is 4.56. The molecule has 2 rings (SSSR count). The van der Waals surface area contributed by atoms with Crippen LogP contribution < -0.4 is 16.6 Å². The molecule has 0 aromatic carbocycles. The van der Waals surface area contributed by atoms with Crippen LogP contribution in [0.5, 0.6) is 0 Å². The predicted octanol–water partition coefficient (Wildman–Crippen LogP) is -1.23. The number of likely N-dealkylation sites (N-methyl/N-ethyl adjacent to an activating group) is 1. The van der Waals surface area contributed by atoms with Gasteiger partial charge in [0.2, 0.25) is 5.91 Å². The number of carbonyl (C=O) groups excluding carboxylic acids is 3. The summed E-state index contributed by atoms with van der Waals surface area (Å²) >= 11 is 0. The lowest BCUT2D eigenvalue weighted by atomic mass is 9.79. The number of urea groups is 1. The van der Waals surface area contributed by atoms with E-state index in [1.807, 2.05) is 5.43 Å². The number of piperazine rings is 1. The third kappa shape index (κ3) is 1.79. The molecule has 2 aliphatic heterocycles. The van der Waals surface area contributed by atoms with Gasteiger partial charge in [-0.05, 0) is 39.8 Å². The second kappa shape index (κ2) is 4.71. The topological polar surface area (TPSA) is 108 Å². The molecule has 0 unspecified atom stereocenters. The molecule has 4 amide bonds. The van der Waals surface area contributed by atoms with E-state index < -0.39 is 23.0 Å². The smallest absolute Gasteiger partial charge is 0.330 e. The minimum absolute atomic E-state index is 0.216. The van der Waals surface area contributed by atoms with Crippen molar-refractivity contribution in [2.45, 2.75) is 37.8 Å². The number of rotatable bonds is 0. The second-order valence-electron chi connectivity index (χ2n) is 5.79. The first kappa shape index (κ1) is 14.7. The summed E-state index contributed by atoms with van der Waals surface area (Å²) < 4.78 is 0. The highest BCUT2D eigenvalue weighted by Gasteiger charge is 2.60. The maximum atomic E-state index is 12.8. The zero-order valence-electron chi connectivity index (χ0n) is 12.0. The zero-order chi connectivity index (χ0) is 15.1. The largest absolute Gasteiger partial charge is 0.339 e. The Balaban J connectivity index is 2.53. The molecule has 2 fully saturated rings. The van der Waals surface area contributed by atoms with Gasteiger partial charge in [-0.25, -0.2) is 15.5 Å². The second-order valence-corrected chi connectivity index (χ2v) is 5.79. The van der Waals surface area contributed by atoms with Crippen molar-refractivity contribution in [1.82, 2.24) is 20.5 Å². The monoisotopic (exact) mass is 283 g/mol. The summed E-state index contributed by atoms with van der Waals surface area (Å²) in [6.07, 6.45) is 0.789. The van der Waals surface area contributed by atoms with Gasteiger partial charge in [0.15, 0.2) is 0 Å². The summed E-state index contributed by atoms with van der Waals surface area (Å²) in [5, 5.41) is 3.13. The first-order valence-electron chi connectivity index (χ1n) is 6.63. The van der Waals surface area contributed by atoms with E-state index in [2.05, 4.69) is 5.32 Å². The van der Waals surface area contributed by atoms with E-state index in [9.17, 15) is 14.4 Å². The Morgan fingerprint density at radius 2 is 1.80 bits per heavy atom. The average Bonchev–Trinajstić information content (AvgIpc) is 2.45. The predicted molar refractivity (Wildman–Crippen MR) is 71.2 cm³/mol. The van der Waals surface area contributed by atoms with Crippen LogP contribution in [-0.4, -0.2) is 58.9 Å². The van der Waals surface area contributed by atoms with Crippen molar-refractivity contribution < 1.29 is 14.4 Å². The van der Waals surface area contributed by atoms with Gasteiger partial charge in [-0.15, -0.1) is 0 Å². The van der Waals surface area contributed by atoms with Crippen LogP contribution in [0.3, 0.4) is 0 Å². The number of nitrogens with zero attached hydrogens (tertiary/aromatic N) is 2. The standard InChI is InChI=1S/C12H21N5O3/c1-11(2)8(18)17(10(20)15-13)12(9(19)16(11)3)4-6-14-7-5-12/h14H,4-7,13H2,1-3H3,(H,15,20). The molecule has 0 radical (unpaired) electrons. The molecule has 20 heavy (non-hydrogen) atoms. The van der Waals surface area contributed by atoms with E-state index in [4.69, 9.17) is 5.84 Å². The van der Waals surface area contributed by atoms with Crippen molar-refractivity contribution >= 4 is 17.8 Å². The molecule has 1 spiro atoms. The van der Waals surface area contributed by atoms with Gasteiger partial charge in [-0.1, -0.05) is 0 Å². The molecule has 8 heteroatoms. The molecule has 0 aliphatic carbocycles. The van der Waals surface area contributed by atoms with Crippen LogP contribution in [0, 0.1) is 0 Å². The number of hydrogen-bond acceptors (Lipinski definition) is 5. The van der Waals surface area contributed by atoms with E-state index in [-0.39, 0.29) is 5.91 Å². The molecule has 0 saturated carbocycles. The van der Waals surface area contributed by atoms with Crippen molar-refractivity contribution in [3.05, 3.63) is 0 Å². The number of imide groups is 1. The maximum Gasteiger partial charge on any atom is 0.339 e. The molecular weight excluding hydrogens is 262 g/mol. The SMILES string of the molecule is CN1C(=O)C2(CCNCC2)N(C(=O)NN)C(=O)C1(C)C. The molecule has 2 saturated heterocycles. The Labute approximate surface area is 117 Å². The van der Waals surface area contributed by atoms with Crippen LogP contribution in [0.4, 0.5) is 4.79 Å². The Hall–Kier alpha value is -1.67. The van der Waals surface area contributed by atoms with Gasteiger partial charge >= 0.3 is 6.03 Å². The Morgan fingerprint density at radius 3 is 2.30 bits per heavy atom. The highest BCUT2D eigenvalue weighted by Crippen LogP contribution is 2.37. The molecule has 0 atom stereocenters. The molecule has 4 N–H and O–H groups in total. The molecule has 8 nitrogen and oxygen atoms in total. The molecule has 0 aromatic rings. The van der Waals surface area contributed by atoms with E-state index in [0.29, 0.717) is 25.9 Å². The van der Waals surface area contributed by atoms with Gasteiger partial charge < -0.3 is 10.2 Å². The summed E-state index contributed by atoms with van der Waals surface area (Å²) in [4.78, 5) is 40.0. The van der Waals surface area contributed by atoms with Gasteiger partial charge in [0.25, 0.3) is 5.91 Å². The fourth-order valence-electron chi connectivity index (χ4n) is 2.90. The molecule has 2 aliphatic rings. The van der Waals surface area contributed by atoms with E-state index in [1.54, 1.807) is 20.9 Å².